The summed E-state index contributed by atoms with van der Waals surface area (Å²) in [5.41, 5.74) is 0.457. The lowest BCUT2D eigenvalue weighted by Crippen LogP contribution is -2.21. The molecule has 0 radical (unpaired) electrons. The van der Waals surface area contributed by atoms with Crippen LogP contribution >= 0.6 is 0 Å². The molecule has 0 saturated carbocycles. The molecule has 0 bridgehead atoms. The van der Waals surface area contributed by atoms with Gasteiger partial charge in [0.25, 0.3) is 0 Å². The van der Waals surface area contributed by atoms with Gasteiger partial charge in [-0.2, -0.15) is 0 Å². The van der Waals surface area contributed by atoms with Crippen molar-refractivity contribution in [2.24, 2.45) is 5.14 Å². The van der Waals surface area contributed by atoms with E-state index in [9.17, 15) is 21.6 Å². The number of benzene rings is 1. The van der Waals surface area contributed by atoms with Gasteiger partial charge in [0.05, 0.1) is 0 Å². The van der Waals surface area contributed by atoms with Crippen molar-refractivity contribution in [1.29, 1.82) is 0 Å². The summed E-state index contributed by atoms with van der Waals surface area (Å²) < 4.78 is 61.5. The first-order valence-electron chi connectivity index (χ1n) is 3.99. The van der Waals surface area contributed by atoms with Crippen LogP contribution in [-0.4, -0.2) is 14.8 Å². The molecule has 0 atom stereocenters. The van der Waals surface area contributed by atoms with E-state index in [0.717, 1.165) is 12.1 Å². The van der Waals surface area contributed by atoms with Crippen LogP contribution in [0.2, 0.25) is 0 Å². The van der Waals surface area contributed by atoms with Crippen LogP contribution in [-0.2, 0) is 10.0 Å². The molecule has 16 heavy (non-hydrogen) atoms. The van der Waals surface area contributed by atoms with E-state index in [1.54, 1.807) is 0 Å². The topological polar surface area (TPSA) is 69.4 Å². The second-order valence-electron chi connectivity index (χ2n) is 3.04. The fraction of sp³-hybridized carbons (Fsp3) is 0.250. The summed E-state index contributed by atoms with van der Waals surface area (Å²) in [6.45, 7) is 1.52. The molecule has 8 heteroatoms. The van der Waals surface area contributed by atoms with Gasteiger partial charge in [0.2, 0.25) is 10.0 Å². The van der Waals surface area contributed by atoms with Gasteiger partial charge < -0.3 is 4.74 Å². The molecular weight excluding hydrogens is 247 g/mol. The van der Waals surface area contributed by atoms with E-state index in [0.29, 0.717) is 5.56 Å². The quantitative estimate of drug-likeness (QED) is 0.871. The molecule has 1 rings (SSSR count). The summed E-state index contributed by atoms with van der Waals surface area (Å²) in [5.74, 6) is -0.833. The van der Waals surface area contributed by atoms with Gasteiger partial charge in [-0.3, -0.25) is 0 Å². The van der Waals surface area contributed by atoms with Crippen LogP contribution in [0.4, 0.5) is 13.2 Å². The van der Waals surface area contributed by atoms with Crippen molar-refractivity contribution in [2.45, 2.75) is 18.2 Å². The Morgan fingerprint density at radius 3 is 2.31 bits per heavy atom. The molecule has 1 aromatic rings. The fourth-order valence-electron chi connectivity index (χ4n) is 1.05. The van der Waals surface area contributed by atoms with E-state index < -0.39 is 27.0 Å². The van der Waals surface area contributed by atoms with Crippen molar-refractivity contribution in [2.75, 3.05) is 0 Å². The molecule has 0 saturated heterocycles. The number of rotatable bonds is 2. The maximum Gasteiger partial charge on any atom is 0.573 e. The zero-order valence-corrected chi connectivity index (χ0v) is 8.89. The van der Waals surface area contributed by atoms with Crippen LogP contribution in [0.25, 0.3) is 0 Å². The highest BCUT2D eigenvalue weighted by molar-refractivity contribution is 7.89. The van der Waals surface area contributed by atoms with Crippen molar-refractivity contribution in [3.05, 3.63) is 23.8 Å². The first kappa shape index (κ1) is 12.8. The fourth-order valence-corrected chi connectivity index (χ4v) is 1.79. The number of aryl methyl sites for hydroxylation is 1. The predicted octanol–water partition coefficient (Wildman–Crippen LogP) is 1.54. The van der Waals surface area contributed by atoms with Crippen LogP contribution in [0.1, 0.15) is 5.56 Å². The summed E-state index contributed by atoms with van der Waals surface area (Å²) in [6.07, 6.45) is -4.96. The lowest BCUT2D eigenvalue weighted by molar-refractivity contribution is -0.275. The molecule has 0 heterocycles. The number of hydrogen-bond donors (Lipinski definition) is 1. The zero-order valence-electron chi connectivity index (χ0n) is 8.08. The van der Waals surface area contributed by atoms with Crippen LogP contribution < -0.4 is 9.88 Å². The lowest BCUT2D eigenvalue weighted by atomic mass is 10.2. The molecule has 0 fully saturated rings. The Labute approximate surface area is 89.9 Å². The molecule has 0 aliphatic carbocycles. The first-order chi connectivity index (χ1) is 7.09. The van der Waals surface area contributed by atoms with Crippen LogP contribution in [0.5, 0.6) is 5.75 Å². The van der Waals surface area contributed by atoms with Crippen molar-refractivity contribution in [3.8, 4) is 5.75 Å². The molecule has 0 aliphatic heterocycles. The number of ether oxygens (including phenoxy) is 1. The summed E-state index contributed by atoms with van der Waals surface area (Å²) >= 11 is 0. The van der Waals surface area contributed by atoms with Gasteiger partial charge in [0, 0.05) is 0 Å². The summed E-state index contributed by atoms with van der Waals surface area (Å²) in [6, 6.07) is 3.20. The summed E-state index contributed by atoms with van der Waals surface area (Å²) in [4.78, 5) is -0.690. The molecule has 0 unspecified atom stereocenters. The Kier molecular flexibility index (Phi) is 3.15. The highest BCUT2D eigenvalue weighted by Gasteiger charge is 2.33. The van der Waals surface area contributed by atoms with Gasteiger partial charge in [-0.05, 0) is 24.6 Å². The van der Waals surface area contributed by atoms with Gasteiger partial charge in [-0.25, -0.2) is 13.6 Å². The third kappa shape index (κ3) is 3.38. The second-order valence-corrected chi connectivity index (χ2v) is 4.57. The van der Waals surface area contributed by atoms with E-state index in [4.69, 9.17) is 5.14 Å². The van der Waals surface area contributed by atoms with Crippen LogP contribution in [0.15, 0.2) is 23.1 Å². The minimum absolute atomic E-state index is 0.457. The molecular formula is C8H8F3NO3S. The Bertz CT molecular complexity index is 496. The maximum absolute atomic E-state index is 12.0. The Balaban J connectivity index is 3.30. The van der Waals surface area contributed by atoms with Crippen LogP contribution in [0, 0.1) is 6.92 Å². The molecule has 0 amide bonds. The lowest BCUT2D eigenvalue weighted by Gasteiger charge is -2.12. The van der Waals surface area contributed by atoms with Crippen LogP contribution in [0.3, 0.4) is 0 Å². The summed E-state index contributed by atoms with van der Waals surface area (Å²) in [5, 5.41) is 4.77. The van der Waals surface area contributed by atoms with E-state index >= 15 is 0 Å². The van der Waals surface area contributed by atoms with Crippen molar-refractivity contribution >= 4 is 10.0 Å². The number of halogens is 3. The number of sulfonamides is 1. The van der Waals surface area contributed by atoms with Crippen molar-refractivity contribution in [3.63, 3.8) is 0 Å². The van der Waals surface area contributed by atoms with Gasteiger partial charge in [0.1, 0.15) is 10.6 Å². The van der Waals surface area contributed by atoms with E-state index in [-0.39, 0.29) is 0 Å². The second kappa shape index (κ2) is 3.95. The highest BCUT2D eigenvalue weighted by atomic mass is 32.2. The first-order valence-corrected chi connectivity index (χ1v) is 5.53. The van der Waals surface area contributed by atoms with Gasteiger partial charge >= 0.3 is 6.36 Å². The van der Waals surface area contributed by atoms with Gasteiger partial charge in [-0.15, -0.1) is 13.2 Å². The Hall–Kier alpha value is -1.28. The predicted molar refractivity (Wildman–Crippen MR) is 49.2 cm³/mol. The Morgan fingerprint density at radius 1 is 1.31 bits per heavy atom. The molecule has 1 aromatic carbocycles. The average Bonchev–Trinajstić information content (AvgIpc) is 2.04. The van der Waals surface area contributed by atoms with E-state index in [1.165, 1.54) is 13.0 Å². The van der Waals surface area contributed by atoms with Gasteiger partial charge in [-0.1, -0.05) is 6.07 Å². The van der Waals surface area contributed by atoms with E-state index in [1.807, 2.05) is 0 Å². The number of nitrogens with two attached hydrogens (primary N) is 1. The monoisotopic (exact) mass is 255 g/mol. The maximum atomic E-state index is 12.0. The number of alkyl halides is 3. The van der Waals surface area contributed by atoms with Crippen molar-refractivity contribution < 1.29 is 26.3 Å². The van der Waals surface area contributed by atoms with Gasteiger partial charge in [0.15, 0.2) is 0 Å². The third-order valence-electron chi connectivity index (χ3n) is 1.63. The molecule has 2 N–H and O–H groups in total. The minimum atomic E-state index is -4.96. The average molecular weight is 255 g/mol. The third-order valence-corrected chi connectivity index (χ3v) is 2.56. The molecule has 4 nitrogen and oxygen atoms in total. The molecule has 0 aromatic heterocycles. The molecule has 90 valence electrons. The Morgan fingerprint density at radius 2 is 1.88 bits per heavy atom. The SMILES string of the molecule is Cc1ccc(OC(F)(F)F)c(S(N)(=O)=O)c1. The zero-order chi connectivity index (χ0) is 12.6. The largest absolute Gasteiger partial charge is 0.573 e. The number of primary sulfonamides is 1. The summed E-state index contributed by atoms with van der Waals surface area (Å²) in [7, 11) is -4.25. The standard InChI is InChI=1S/C8H8F3NO3S/c1-5-2-3-6(15-8(9,10)11)7(4-5)16(12,13)14/h2-4H,1H3,(H2,12,13,14). The minimum Gasteiger partial charge on any atom is -0.404 e. The normalized spacial score (nSPS) is 12.6. The smallest absolute Gasteiger partial charge is 0.404 e. The van der Waals surface area contributed by atoms with E-state index in [2.05, 4.69) is 4.74 Å². The number of hydrogen-bond acceptors (Lipinski definition) is 3. The van der Waals surface area contributed by atoms with Crippen molar-refractivity contribution in [1.82, 2.24) is 0 Å². The molecule has 0 spiro atoms. The molecule has 0 aliphatic rings. The highest BCUT2D eigenvalue weighted by Crippen LogP contribution is 2.29.